The number of nitrogens with one attached hydrogen (secondary N) is 1. The summed E-state index contributed by atoms with van der Waals surface area (Å²) in [5, 5.41) is 12.8. The van der Waals surface area contributed by atoms with Crippen LogP contribution in [0.25, 0.3) is 0 Å². The number of aliphatic hydroxyl groups is 1. The highest BCUT2D eigenvalue weighted by atomic mass is 19.4. The van der Waals surface area contributed by atoms with Gasteiger partial charge in [0.05, 0.1) is 0 Å². The van der Waals surface area contributed by atoms with Crippen molar-refractivity contribution in [3.63, 3.8) is 0 Å². The summed E-state index contributed by atoms with van der Waals surface area (Å²) in [6.07, 6.45) is 4.45. The maximum Gasteiger partial charge on any atom is 0.421 e. The number of hydrogen-bond donors (Lipinski definition) is 2. The van der Waals surface area contributed by atoms with Crippen LogP contribution in [0.1, 0.15) is 32.3 Å². The van der Waals surface area contributed by atoms with Crippen molar-refractivity contribution in [3.8, 4) is 0 Å². The van der Waals surface area contributed by atoms with Crippen LogP contribution in [0, 0.1) is 0 Å². The number of halogens is 3. The first-order valence-corrected chi connectivity index (χ1v) is 8.90. The van der Waals surface area contributed by atoms with E-state index < -0.39 is 11.8 Å². The van der Waals surface area contributed by atoms with Gasteiger partial charge in [0.2, 0.25) is 0 Å². The zero-order chi connectivity index (χ0) is 19.2. The number of alkyl halides is 3. The van der Waals surface area contributed by atoms with Gasteiger partial charge in [0.25, 0.3) is 0 Å². The van der Waals surface area contributed by atoms with Crippen molar-refractivity contribution in [1.29, 1.82) is 0 Å². The third-order valence-electron chi connectivity index (χ3n) is 4.64. The predicted octanol–water partition coefficient (Wildman–Crippen LogP) is 4.15. The van der Waals surface area contributed by atoms with E-state index in [2.05, 4.69) is 35.4 Å². The van der Waals surface area contributed by atoms with Crippen LogP contribution in [0.2, 0.25) is 0 Å². The van der Waals surface area contributed by atoms with Gasteiger partial charge in [-0.1, -0.05) is 35.9 Å². The summed E-state index contributed by atoms with van der Waals surface area (Å²) in [5.74, 6) is 0. The summed E-state index contributed by atoms with van der Waals surface area (Å²) in [4.78, 5) is 2.10. The Balaban J connectivity index is 0.000000290. The Morgan fingerprint density at radius 3 is 2.08 bits per heavy atom. The van der Waals surface area contributed by atoms with E-state index in [9.17, 15) is 18.3 Å². The fourth-order valence-corrected chi connectivity index (χ4v) is 2.83. The maximum absolute atomic E-state index is 12.7. The molecule has 3 rings (SSSR count). The smallest absolute Gasteiger partial charge is 0.376 e. The molecule has 1 fully saturated rings. The van der Waals surface area contributed by atoms with E-state index in [0.717, 1.165) is 38.8 Å². The van der Waals surface area contributed by atoms with Crippen LogP contribution in [0.15, 0.2) is 48.1 Å². The Labute approximate surface area is 153 Å². The van der Waals surface area contributed by atoms with Gasteiger partial charge in [-0.3, -0.25) is 0 Å². The molecule has 2 aliphatic rings. The van der Waals surface area contributed by atoms with Crippen molar-refractivity contribution in [1.82, 2.24) is 5.32 Å². The third kappa shape index (κ3) is 5.35. The monoisotopic (exact) mass is 368 g/mol. The fraction of sp³-hybridized carbons (Fsp3) is 0.500. The highest BCUT2D eigenvalue weighted by molar-refractivity contribution is 5.49. The molecule has 1 saturated heterocycles. The Kier molecular flexibility index (Phi) is 6.89. The van der Waals surface area contributed by atoms with Gasteiger partial charge in [-0.15, -0.1) is 0 Å². The van der Waals surface area contributed by atoms with E-state index in [-0.39, 0.29) is 5.56 Å². The maximum atomic E-state index is 12.7. The number of allylic oxidation sites excluding steroid dienone is 4. The van der Waals surface area contributed by atoms with Crippen LogP contribution in [-0.2, 0) is 5.60 Å². The number of rotatable bonds is 2. The molecule has 0 spiro atoms. The largest absolute Gasteiger partial charge is 0.421 e. The lowest BCUT2D eigenvalue weighted by Gasteiger charge is -2.31. The second-order valence-corrected chi connectivity index (χ2v) is 6.78. The van der Waals surface area contributed by atoms with Crippen molar-refractivity contribution < 1.29 is 18.3 Å². The molecule has 0 saturated carbocycles. The van der Waals surface area contributed by atoms with Crippen molar-refractivity contribution in [2.75, 3.05) is 31.1 Å². The lowest BCUT2D eigenvalue weighted by Crippen LogP contribution is -2.43. The molecule has 2 N–H and O–H groups in total. The lowest BCUT2D eigenvalue weighted by atomic mass is 9.95. The summed E-state index contributed by atoms with van der Waals surface area (Å²) in [5.41, 5.74) is -0.664. The lowest BCUT2D eigenvalue weighted by molar-refractivity contribution is -0.258. The molecule has 1 aliphatic carbocycles. The molecule has 1 unspecified atom stereocenters. The average Bonchev–Trinajstić information content (AvgIpc) is 2.63. The molecule has 1 aromatic rings. The zero-order valence-corrected chi connectivity index (χ0v) is 15.3. The second-order valence-electron chi connectivity index (χ2n) is 6.78. The van der Waals surface area contributed by atoms with Crippen LogP contribution in [0.4, 0.5) is 18.9 Å². The highest BCUT2D eigenvalue weighted by Gasteiger charge is 2.51. The summed E-state index contributed by atoms with van der Waals surface area (Å²) in [7, 11) is 0. The molecule has 1 atom stereocenters. The Hall–Kier alpha value is -1.79. The van der Waals surface area contributed by atoms with E-state index in [1.807, 2.05) is 0 Å². The van der Waals surface area contributed by atoms with Gasteiger partial charge >= 0.3 is 6.18 Å². The molecule has 0 radical (unpaired) electrons. The molecule has 1 heterocycles. The first kappa shape index (κ1) is 20.5. The molecular weight excluding hydrogens is 341 g/mol. The molecule has 0 aromatic heterocycles. The van der Waals surface area contributed by atoms with Crippen molar-refractivity contribution >= 4 is 5.69 Å². The van der Waals surface area contributed by atoms with Gasteiger partial charge in [0, 0.05) is 31.9 Å². The summed E-state index contributed by atoms with van der Waals surface area (Å²) < 4.78 is 38.1. The normalized spacial score (nSPS) is 19.9. The molecular formula is C20H27F3N2O. The molecule has 0 amide bonds. The van der Waals surface area contributed by atoms with E-state index in [1.165, 1.54) is 30.5 Å². The van der Waals surface area contributed by atoms with Crippen molar-refractivity contribution in [3.05, 3.63) is 53.6 Å². The minimum Gasteiger partial charge on any atom is -0.376 e. The Morgan fingerprint density at radius 1 is 1.04 bits per heavy atom. The van der Waals surface area contributed by atoms with Gasteiger partial charge in [-0.05, 0) is 44.4 Å². The Bertz CT molecular complexity index is 627. The Morgan fingerprint density at radius 2 is 1.65 bits per heavy atom. The van der Waals surface area contributed by atoms with Crippen LogP contribution >= 0.6 is 0 Å². The average molecular weight is 368 g/mol. The quantitative estimate of drug-likeness (QED) is 0.823. The van der Waals surface area contributed by atoms with Crippen LogP contribution in [0.5, 0.6) is 0 Å². The molecule has 3 nitrogen and oxygen atoms in total. The highest BCUT2D eigenvalue weighted by Crippen LogP contribution is 2.38. The number of nitrogens with zero attached hydrogens (tertiary/aromatic N) is 1. The second kappa shape index (κ2) is 8.73. The first-order chi connectivity index (χ1) is 12.2. The zero-order valence-electron chi connectivity index (χ0n) is 15.3. The number of piperazine rings is 1. The molecule has 1 aliphatic heterocycles. The van der Waals surface area contributed by atoms with E-state index in [0.29, 0.717) is 0 Å². The van der Waals surface area contributed by atoms with Gasteiger partial charge in [0.1, 0.15) is 0 Å². The van der Waals surface area contributed by atoms with Gasteiger partial charge < -0.3 is 15.3 Å². The SMILES string of the molecule is CC(O)(c1ccc(N2CCNCC2)cc1)C(F)(F)F.CC1=CCCC=C1. The molecule has 0 bridgehead atoms. The van der Waals surface area contributed by atoms with Crippen LogP contribution in [-0.4, -0.2) is 37.5 Å². The van der Waals surface area contributed by atoms with Crippen LogP contribution in [0.3, 0.4) is 0 Å². The number of hydrogen-bond acceptors (Lipinski definition) is 3. The van der Waals surface area contributed by atoms with Crippen molar-refractivity contribution in [2.24, 2.45) is 0 Å². The van der Waals surface area contributed by atoms with E-state index >= 15 is 0 Å². The molecule has 26 heavy (non-hydrogen) atoms. The van der Waals surface area contributed by atoms with E-state index in [4.69, 9.17) is 0 Å². The topological polar surface area (TPSA) is 35.5 Å². The number of benzene rings is 1. The summed E-state index contributed by atoms with van der Waals surface area (Å²) in [6, 6.07) is 5.93. The standard InChI is InChI=1S/C13H17F3N2O.C7H10/c1-12(19,13(14,15)16)10-2-4-11(5-3-10)18-8-6-17-7-9-18;1-7-5-3-2-4-6-7/h2-5,17,19H,6-9H2,1H3;3,5-6H,2,4H2,1H3. The minimum absolute atomic E-state index is 0.140. The minimum atomic E-state index is -4.68. The summed E-state index contributed by atoms with van der Waals surface area (Å²) >= 11 is 0. The van der Waals surface area contributed by atoms with Crippen LogP contribution < -0.4 is 10.2 Å². The third-order valence-corrected chi connectivity index (χ3v) is 4.64. The molecule has 144 valence electrons. The fourth-order valence-electron chi connectivity index (χ4n) is 2.83. The molecule has 6 heteroatoms. The first-order valence-electron chi connectivity index (χ1n) is 8.90. The van der Waals surface area contributed by atoms with Gasteiger partial charge in [-0.25, -0.2) is 0 Å². The van der Waals surface area contributed by atoms with Gasteiger partial charge in [0.15, 0.2) is 5.60 Å². The predicted molar refractivity (Wildman–Crippen MR) is 99.3 cm³/mol. The molecule has 1 aromatic carbocycles. The van der Waals surface area contributed by atoms with Gasteiger partial charge in [-0.2, -0.15) is 13.2 Å². The van der Waals surface area contributed by atoms with E-state index in [1.54, 1.807) is 12.1 Å². The summed E-state index contributed by atoms with van der Waals surface area (Å²) in [6.45, 7) is 6.29. The van der Waals surface area contributed by atoms with Crippen molar-refractivity contribution in [2.45, 2.75) is 38.5 Å². The number of anilines is 1.